The van der Waals surface area contributed by atoms with Gasteiger partial charge < -0.3 is 15.4 Å². The summed E-state index contributed by atoms with van der Waals surface area (Å²) >= 11 is 0. The Balaban J connectivity index is 1.47. The third kappa shape index (κ3) is 7.25. The molecule has 210 valence electrons. The number of rotatable bonds is 14. The number of anilines is 1. The topological polar surface area (TPSA) is 98.1 Å². The Morgan fingerprint density at radius 1 is 0.900 bits per heavy atom. The van der Waals surface area contributed by atoms with Crippen molar-refractivity contribution in [3.05, 3.63) is 87.8 Å². The minimum atomic E-state index is -0.203. The van der Waals surface area contributed by atoms with Gasteiger partial charge in [-0.15, -0.1) is 0 Å². The lowest BCUT2D eigenvalue weighted by molar-refractivity contribution is 0.0953. The number of amides is 1. The molecule has 0 fully saturated rings. The van der Waals surface area contributed by atoms with Crippen molar-refractivity contribution >= 4 is 22.9 Å². The van der Waals surface area contributed by atoms with E-state index in [0.717, 1.165) is 41.7 Å². The van der Waals surface area contributed by atoms with Gasteiger partial charge in [0.1, 0.15) is 5.75 Å². The number of fused-ring (bicyclic) bond motifs is 1. The van der Waals surface area contributed by atoms with Crippen LogP contribution in [0.1, 0.15) is 67.1 Å². The smallest absolute Gasteiger partial charge is 0.256 e. The normalized spacial score (nSPS) is 11.0. The van der Waals surface area contributed by atoms with Gasteiger partial charge in [-0.2, -0.15) is 4.98 Å². The third-order valence-corrected chi connectivity index (χ3v) is 7.01. The molecule has 2 heterocycles. The minimum Gasteiger partial charge on any atom is -0.496 e. The van der Waals surface area contributed by atoms with Crippen molar-refractivity contribution in [3.63, 3.8) is 0 Å². The number of ether oxygens (including phenoxy) is 1. The second-order valence-corrected chi connectivity index (χ2v) is 9.94. The highest BCUT2D eigenvalue weighted by molar-refractivity contribution is 5.94. The number of para-hydroxylation sites is 1. The molecule has 0 spiro atoms. The van der Waals surface area contributed by atoms with E-state index < -0.39 is 0 Å². The number of nitrogens with zero attached hydrogens (tertiary/aromatic N) is 3. The number of carbonyl (C=O) groups is 1. The van der Waals surface area contributed by atoms with E-state index in [-0.39, 0.29) is 11.5 Å². The summed E-state index contributed by atoms with van der Waals surface area (Å²) in [5.41, 5.74) is 3.37. The molecule has 0 saturated carbocycles. The summed E-state index contributed by atoms with van der Waals surface area (Å²) in [6.45, 7) is 5.38. The predicted octanol–water partition coefficient (Wildman–Crippen LogP) is 5.84. The van der Waals surface area contributed by atoms with Gasteiger partial charge in [-0.25, -0.2) is 4.98 Å². The van der Waals surface area contributed by atoms with Crippen molar-refractivity contribution in [2.24, 2.45) is 0 Å². The summed E-state index contributed by atoms with van der Waals surface area (Å²) in [6, 6.07) is 18.2. The number of nitrogens with one attached hydrogen (secondary N) is 2. The molecule has 4 aromatic rings. The highest BCUT2D eigenvalue weighted by Gasteiger charge is 2.13. The molecule has 0 radical (unpaired) electrons. The molecular formula is C32H39N5O3. The Kier molecular flexibility index (Phi) is 10.3. The highest BCUT2D eigenvalue weighted by atomic mass is 16.5. The molecule has 0 unspecified atom stereocenters. The van der Waals surface area contributed by atoms with Crippen LogP contribution in [0.15, 0.2) is 65.5 Å². The maximum Gasteiger partial charge on any atom is 0.256 e. The molecule has 40 heavy (non-hydrogen) atoms. The van der Waals surface area contributed by atoms with Gasteiger partial charge >= 0.3 is 0 Å². The number of pyridine rings is 1. The van der Waals surface area contributed by atoms with Crippen LogP contribution in [0.25, 0.3) is 16.7 Å². The monoisotopic (exact) mass is 541 g/mol. The van der Waals surface area contributed by atoms with Crippen molar-refractivity contribution in [1.29, 1.82) is 0 Å². The lowest BCUT2D eigenvalue weighted by Crippen LogP contribution is -2.24. The second kappa shape index (κ2) is 14.3. The standard InChI is InChI=1S/C32H39N5O3/c1-4-5-6-7-8-11-21-33-31(39)25-14-16-26(17-15-25)37-29(38)19-18-27-23(2)35-32(36-30(27)37)34-22-20-24-12-9-10-13-28(24)40-3/h9-10,12-19H,4-8,11,20-22H2,1-3H3,(H,33,39)(H,34,35,36). The summed E-state index contributed by atoms with van der Waals surface area (Å²) < 4.78 is 7.01. The molecule has 2 aromatic carbocycles. The third-order valence-electron chi connectivity index (χ3n) is 7.01. The molecule has 8 nitrogen and oxygen atoms in total. The molecule has 0 saturated heterocycles. The second-order valence-electron chi connectivity index (χ2n) is 9.94. The van der Waals surface area contributed by atoms with Gasteiger partial charge in [0.15, 0.2) is 5.65 Å². The first-order valence-corrected chi connectivity index (χ1v) is 14.2. The summed E-state index contributed by atoms with van der Waals surface area (Å²) in [7, 11) is 1.66. The zero-order valence-electron chi connectivity index (χ0n) is 23.7. The number of aromatic nitrogens is 3. The van der Waals surface area contributed by atoms with Crippen LogP contribution in [-0.2, 0) is 6.42 Å². The SMILES string of the molecule is CCCCCCCCNC(=O)c1ccc(-n2c(=O)ccc3c(C)nc(NCCc4ccccc4OC)nc32)cc1. The van der Waals surface area contributed by atoms with Crippen LogP contribution in [0.5, 0.6) is 5.75 Å². The molecule has 2 aromatic heterocycles. The summed E-state index contributed by atoms with van der Waals surface area (Å²) in [5, 5.41) is 7.08. The molecular weight excluding hydrogens is 502 g/mol. The summed E-state index contributed by atoms with van der Waals surface area (Å²) in [6.07, 6.45) is 7.80. The Labute approximate surface area is 235 Å². The molecule has 0 aliphatic carbocycles. The van der Waals surface area contributed by atoms with Crippen LogP contribution in [0.3, 0.4) is 0 Å². The number of hydrogen-bond donors (Lipinski definition) is 2. The Bertz CT molecular complexity index is 1480. The van der Waals surface area contributed by atoms with E-state index in [4.69, 9.17) is 9.72 Å². The van der Waals surface area contributed by atoms with E-state index in [9.17, 15) is 9.59 Å². The molecule has 0 aliphatic rings. The van der Waals surface area contributed by atoms with Gasteiger partial charge in [-0.05, 0) is 61.7 Å². The van der Waals surface area contributed by atoms with Crippen LogP contribution in [0.2, 0.25) is 0 Å². The van der Waals surface area contributed by atoms with Gasteiger partial charge in [0.25, 0.3) is 11.5 Å². The van der Waals surface area contributed by atoms with Crippen molar-refractivity contribution in [1.82, 2.24) is 19.9 Å². The van der Waals surface area contributed by atoms with Crippen LogP contribution < -0.4 is 20.9 Å². The first-order valence-electron chi connectivity index (χ1n) is 14.2. The van der Waals surface area contributed by atoms with E-state index in [1.165, 1.54) is 31.7 Å². The van der Waals surface area contributed by atoms with Crippen molar-refractivity contribution in [2.45, 2.75) is 58.8 Å². The van der Waals surface area contributed by atoms with E-state index in [0.29, 0.717) is 35.9 Å². The molecule has 8 heteroatoms. The molecule has 0 aliphatic heterocycles. The average molecular weight is 542 g/mol. The van der Waals surface area contributed by atoms with Crippen molar-refractivity contribution in [2.75, 3.05) is 25.5 Å². The number of hydrogen-bond acceptors (Lipinski definition) is 6. The largest absolute Gasteiger partial charge is 0.496 e. The number of carbonyl (C=O) groups excluding carboxylic acids is 1. The van der Waals surface area contributed by atoms with Gasteiger partial charge in [0.05, 0.1) is 18.5 Å². The average Bonchev–Trinajstić information content (AvgIpc) is 2.97. The van der Waals surface area contributed by atoms with Gasteiger partial charge in [0.2, 0.25) is 5.95 Å². The fourth-order valence-electron chi connectivity index (χ4n) is 4.78. The fourth-order valence-corrected chi connectivity index (χ4v) is 4.78. The van der Waals surface area contributed by atoms with Crippen LogP contribution in [-0.4, -0.2) is 40.6 Å². The Hall–Kier alpha value is -4.20. The van der Waals surface area contributed by atoms with Gasteiger partial charge in [0, 0.05) is 30.1 Å². The van der Waals surface area contributed by atoms with E-state index in [1.54, 1.807) is 42.0 Å². The number of benzene rings is 2. The van der Waals surface area contributed by atoms with E-state index >= 15 is 0 Å². The van der Waals surface area contributed by atoms with E-state index in [2.05, 4.69) is 22.5 Å². The zero-order valence-corrected chi connectivity index (χ0v) is 23.7. The fraction of sp³-hybridized carbons (Fsp3) is 0.375. The number of unbranched alkanes of at least 4 members (excludes halogenated alkanes) is 5. The first kappa shape index (κ1) is 28.8. The molecule has 4 rings (SSSR count). The lowest BCUT2D eigenvalue weighted by atomic mass is 10.1. The zero-order chi connectivity index (χ0) is 28.3. The lowest BCUT2D eigenvalue weighted by Gasteiger charge is -2.14. The molecule has 2 N–H and O–H groups in total. The molecule has 0 bridgehead atoms. The van der Waals surface area contributed by atoms with Crippen molar-refractivity contribution < 1.29 is 9.53 Å². The number of aryl methyl sites for hydroxylation is 1. The van der Waals surface area contributed by atoms with Gasteiger partial charge in [-0.3, -0.25) is 14.2 Å². The summed E-state index contributed by atoms with van der Waals surface area (Å²) in [4.78, 5) is 34.9. The first-order chi connectivity index (χ1) is 19.5. The van der Waals surface area contributed by atoms with Crippen molar-refractivity contribution in [3.8, 4) is 11.4 Å². The van der Waals surface area contributed by atoms with Gasteiger partial charge in [-0.1, -0.05) is 57.2 Å². The van der Waals surface area contributed by atoms with Crippen LogP contribution >= 0.6 is 0 Å². The van der Waals surface area contributed by atoms with E-state index in [1.807, 2.05) is 31.2 Å². The highest BCUT2D eigenvalue weighted by Crippen LogP contribution is 2.21. The maximum absolute atomic E-state index is 13.0. The predicted molar refractivity (Wildman–Crippen MR) is 161 cm³/mol. The number of methoxy groups -OCH3 is 1. The van der Waals surface area contributed by atoms with Crippen LogP contribution in [0, 0.1) is 6.92 Å². The minimum absolute atomic E-state index is 0.106. The van der Waals surface area contributed by atoms with Crippen LogP contribution in [0.4, 0.5) is 5.95 Å². The molecule has 0 atom stereocenters. The molecule has 1 amide bonds. The Morgan fingerprint density at radius 3 is 2.42 bits per heavy atom. The quantitative estimate of drug-likeness (QED) is 0.195. The Morgan fingerprint density at radius 2 is 1.65 bits per heavy atom. The summed E-state index contributed by atoms with van der Waals surface area (Å²) in [5.74, 6) is 1.18. The maximum atomic E-state index is 13.0.